The van der Waals surface area contributed by atoms with Crippen molar-refractivity contribution in [1.82, 2.24) is 4.72 Å². The Morgan fingerprint density at radius 1 is 1.24 bits per heavy atom. The van der Waals surface area contributed by atoms with Gasteiger partial charge in [0.2, 0.25) is 10.0 Å². The van der Waals surface area contributed by atoms with E-state index in [9.17, 15) is 12.8 Å². The van der Waals surface area contributed by atoms with E-state index in [1.807, 2.05) is 0 Å². The van der Waals surface area contributed by atoms with Crippen molar-refractivity contribution in [2.24, 2.45) is 0 Å². The zero-order valence-corrected chi connectivity index (χ0v) is 12.7. The Morgan fingerprint density at radius 3 is 2.52 bits per heavy atom. The minimum absolute atomic E-state index is 0.0377. The summed E-state index contributed by atoms with van der Waals surface area (Å²) in [6, 6.07) is 9.34. The minimum Gasteiger partial charge on any atom is -0.398 e. The molecule has 2 aromatic carbocycles. The normalized spacial score (nSPS) is 13.1. The quantitative estimate of drug-likeness (QED) is 0.847. The second kappa shape index (κ2) is 6.01. The van der Waals surface area contributed by atoms with Gasteiger partial charge >= 0.3 is 0 Å². The van der Waals surface area contributed by atoms with Gasteiger partial charge in [-0.1, -0.05) is 29.8 Å². The van der Waals surface area contributed by atoms with Crippen molar-refractivity contribution in [2.75, 3.05) is 5.73 Å². The molecule has 1 unspecified atom stereocenters. The van der Waals surface area contributed by atoms with Crippen LogP contribution in [0, 0.1) is 5.82 Å². The van der Waals surface area contributed by atoms with Crippen LogP contribution < -0.4 is 10.5 Å². The molecule has 0 bridgehead atoms. The van der Waals surface area contributed by atoms with E-state index < -0.39 is 21.9 Å². The van der Waals surface area contributed by atoms with E-state index in [4.69, 9.17) is 17.3 Å². The van der Waals surface area contributed by atoms with Crippen molar-refractivity contribution in [3.63, 3.8) is 0 Å². The number of anilines is 1. The third-order valence-electron chi connectivity index (χ3n) is 2.97. The molecule has 21 heavy (non-hydrogen) atoms. The van der Waals surface area contributed by atoms with Crippen LogP contribution in [0.3, 0.4) is 0 Å². The summed E-state index contributed by atoms with van der Waals surface area (Å²) in [5.74, 6) is -0.475. The van der Waals surface area contributed by atoms with Gasteiger partial charge in [0.25, 0.3) is 0 Å². The predicted octanol–water partition coefficient (Wildman–Crippen LogP) is 3.10. The van der Waals surface area contributed by atoms with E-state index >= 15 is 0 Å². The maximum Gasteiger partial charge on any atom is 0.243 e. The molecule has 0 aromatic heterocycles. The zero-order chi connectivity index (χ0) is 15.6. The van der Waals surface area contributed by atoms with Crippen LogP contribution in [0.2, 0.25) is 5.02 Å². The highest BCUT2D eigenvalue weighted by Crippen LogP contribution is 2.25. The molecule has 7 heteroatoms. The zero-order valence-electron chi connectivity index (χ0n) is 11.2. The van der Waals surface area contributed by atoms with Crippen LogP contribution in [0.4, 0.5) is 10.1 Å². The first kappa shape index (κ1) is 15.8. The minimum atomic E-state index is -3.87. The first-order valence-corrected chi connectivity index (χ1v) is 7.99. The molecule has 1 atom stereocenters. The monoisotopic (exact) mass is 328 g/mol. The first-order valence-electron chi connectivity index (χ1n) is 6.13. The fraction of sp³-hybridized carbons (Fsp3) is 0.143. The number of sulfonamides is 1. The number of halogens is 2. The molecule has 3 N–H and O–H groups in total. The summed E-state index contributed by atoms with van der Waals surface area (Å²) in [5.41, 5.74) is 5.97. The van der Waals surface area contributed by atoms with Crippen molar-refractivity contribution in [3.05, 3.63) is 58.9 Å². The SMILES string of the molecule is CC(NS(=O)(=O)c1ccc(Cl)cc1N)c1ccccc1F. The van der Waals surface area contributed by atoms with Crippen LogP contribution in [0.5, 0.6) is 0 Å². The summed E-state index contributed by atoms with van der Waals surface area (Å²) in [5, 5.41) is 0.341. The van der Waals surface area contributed by atoms with Gasteiger partial charge in [-0.05, 0) is 31.2 Å². The lowest BCUT2D eigenvalue weighted by Crippen LogP contribution is -2.28. The van der Waals surface area contributed by atoms with Crippen LogP contribution in [-0.4, -0.2) is 8.42 Å². The molecule has 112 valence electrons. The first-order chi connectivity index (χ1) is 9.81. The van der Waals surface area contributed by atoms with Crippen molar-refractivity contribution in [2.45, 2.75) is 17.9 Å². The maximum absolute atomic E-state index is 13.7. The van der Waals surface area contributed by atoms with Gasteiger partial charge < -0.3 is 5.73 Å². The number of nitrogens with two attached hydrogens (primary N) is 1. The topological polar surface area (TPSA) is 72.2 Å². The van der Waals surface area contributed by atoms with E-state index in [0.29, 0.717) is 5.02 Å². The number of hydrogen-bond acceptors (Lipinski definition) is 3. The second-order valence-corrected chi connectivity index (χ2v) is 6.67. The fourth-order valence-electron chi connectivity index (χ4n) is 1.95. The van der Waals surface area contributed by atoms with E-state index in [1.54, 1.807) is 13.0 Å². The number of hydrogen-bond donors (Lipinski definition) is 2. The van der Waals surface area contributed by atoms with Crippen LogP contribution in [-0.2, 0) is 10.0 Å². The summed E-state index contributed by atoms with van der Waals surface area (Å²) in [6.45, 7) is 1.56. The summed E-state index contributed by atoms with van der Waals surface area (Å²) in [7, 11) is -3.87. The molecule has 0 saturated carbocycles. The molecule has 0 saturated heterocycles. The summed E-state index contributed by atoms with van der Waals surface area (Å²) in [6.07, 6.45) is 0. The standard InChI is InChI=1S/C14H14ClFN2O2S/c1-9(11-4-2-3-5-12(11)16)18-21(19,20)14-7-6-10(15)8-13(14)17/h2-9,18H,17H2,1H3. The molecular weight excluding hydrogens is 315 g/mol. The third-order valence-corrected chi connectivity index (χ3v) is 4.81. The van der Waals surface area contributed by atoms with Crippen LogP contribution in [0.25, 0.3) is 0 Å². The van der Waals surface area contributed by atoms with Gasteiger partial charge in [0.1, 0.15) is 10.7 Å². The fourth-order valence-corrected chi connectivity index (χ4v) is 3.47. The van der Waals surface area contributed by atoms with E-state index in [-0.39, 0.29) is 16.1 Å². The van der Waals surface area contributed by atoms with Crippen molar-refractivity contribution in [3.8, 4) is 0 Å². The lowest BCUT2D eigenvalue weighted by atomic mass is 10.1. The molecule has 0 fully saturated rings. The van der Waals surface area contributed by atoms with Crippen molar-refractivity contribution < 1.29 is 12.8 Å². The van der Waals surface area contributed by atoms with Crippen LogP contribution in [0.15, 0.2) is 47.4 Å². The highest BCUT2D eigenvalue weighted by atomic mass is 35.5. The van der Waals surface area contributed by atoms with Gasteiger partial charge in [-0.25, -0.2) is 17.5 Å². The number of benzene rings is 2. The van der Waals surface area contributed by atoms with Crippen molar-refractivity contribution in [1.29, 1.82) is 0 Å². The number of rotatable bonds is 4. The van der Waals surface area contributed by atoms with E-state index in [0.717, 1.165) is 0 Å². The Labute approximate surface area is 127 Å². The smallest absolute Gasteiger partial charge is 0.243 e. The Hall–Kier alpha value is -1.63. The highest BCUT2D eigenvalue weighted by Gasteiger charge is 2.22. The largest absolute Gasteiger partial charge is 0.398 e. The molecule has 2 rings (SSSR count). The third kappa shape index (κ3) is 3.53. The van der Waals surface area contributed by atoms with Gasteiger partial charge in [-0.2, -0.15) is 0 Å². The number of nitrogens with one attached hydrogen (secondary N) is 1. The Kier molecular flexibility index (Phi) is 4.51. The van der Waals surface area contributed by atoms with Crippen LogP contribution >= 0.6 is 11.6 Å². The summed E-state index contributed by atoms with van der Waals surface area (Å²) in [4.78, 5) is -0.0879. The van der Waals surface area contributed by atoms with Crippen molar-refractivity contribution >= 4 is 27.3 Å². The lowest BCUT2D eigenvalue weighted by molar-refractivity contribution is 0.550. The van der Waals surface area contributed by atoms with Gasteiger partial charge in [-0.15, -0.1) is 0 Å². The Bertz CT molecular complexity index is 765. The van der Waals surface area contributed by atoms with Gasteiger partial charge in [0.05, 0.1) is 5.69 Å². The summed E-state index contributed by atoms with van der Waals surface area (Å²) < 4.78 is 40.7. The average Bonchev–Trinajstić information content (AvgIpc) is 2.37. The predicted molar refractivity (Wildman–Crippen MR) is 81.0 cm³/mol. The molecule has 0 aliphatic rings. The van der Waals surface area contributed by atoms with Gasteiger partial charge in [-0.3, -0.25) is 0 Å². The number of nitrogen functional groups attached to an aromatic ring is 1. The van der Waals surface area contributed by atoms with Crippen LogP contribution in [0.1, 0.15) is 18.5 Å². The molecule has 0 radical (unpaired) electrons. The second-order valence-electron chi connectivity index (χ2n) is 4.55. The maximum atomic E-state index is 13.7. The van der Waals surface area contributed by atoms with Gasteiger partial charge in [0.15, 0.2) is 0 Å². The molecule has 4 nitrogen and oxygen atoms in total. The molecule has 0 aliphatic carbocycles. The molecule has 0 aliphatic heterocycles. The Balaban J connectivity index is 2.31. The lowest BCUT2D eigenvalue weighted by Gasteiger charge is -2.16. The molecule has 0 spiro atoms. The van der Waals surface area contributed by atoms with E-state index in [1.165, 1.54) is 36.4 Å². The molecule has 0 amide bonds. The molecular formula is C14H14ClFN2O2S. The van der Waals surface area contributed by atoms with Gasteiger partial charge in [0, 0.05) is 16.6 Å². The highest BCUT2D eigenvalue weighted by molar-refractivity contribution is 7.89. The molecule has 0 heterocycles. The average molecular weight is 329 g/mol. The Morgan fingerprint density at radius 2 is 1.90 bits per heavy atom. The molecule has 2 aromatic rings. The van der Waals surface area contributed by atoms with E-state index in [2.05, 4.69) is 4.72 Å². The summed E-state index contributed by atoms with van der Waals surface area (Å²) >= 11 is 5.74.